The minimum atomic E-state index is 0.596. The van der Waals surface area contributed by atoms with Gasteiger partial charge in [-0.25, -0.2) is 0 Å². The van der Waals surface area contributed by atoms with Gasteiger partial charge >= 0.3 is 0 Å². The largest absolute Gasteiger partial charge is 0.491 e. The van der Waals surface area contributed by atoms with E-state index in [4.69, 9.17) is 9.47 Å². The first kappa shape index (κ1) is 15.8. The maximum atomic E-state index is 5.62. The van der Waals surface area contributed by atoms with Gasteiger partial charge in [0.15, 0.2) is 0 Å². The molecule has 0 spiro atoms. The summed E-state index contributed by atoms with van der Waals surface area (Å²) in [6, 6.07) is 7.87. The molecule has 112 valence electrons. The number of likely N-dealkylation sites (N-methyl/N-ethyl adjacent to an activating group) is 1. The Kier molecular flexibility index (Phi) is 6.79. The third-order valence-electron chi connectivity index (χ3n) is 3.44. The Morgan fingerprint density at radius 3 is 2.65 bits per heavy atom. The van der Waals surface area contributed by atoms with Crippen molar-refractivity contribution in [1.29, 1.82) is 0 Å². The second-order valence-electron chi connectivity index (χ2n) is 5.06. The average Bonchev–Trinajstić information content (AvgIpc) is 2.45. The van der Waals surface area contributed by atoms with Crippen LogP contribution in [0.5, 0.6) is 5.75 Å². The number of rotatable bonds is 7. The van der Waals surface area contributed by atoms with Gasteiger partial charge < -0.3 is 14.4 Å². The first-order chi connectivity index (χ1) is 9.74. The standard InChI is InChI=1S/C15H23BrN2O2/c1-17-5-7-18(8-6-17)9-10-19-11-12-20-15-4-2-3-14(16)13-15/h2-4,13H,5-12H2,1H3. The first-order valence-corrected chi connectivity index (χ1v) is 7.90. The highest BCUT2D eigenvalue weighted by Gasteiger charge is 2.12. The summed E-state index contributed by atoms with van der Waals surface area (Å²) in [5, 5.41) is 0. The van der Waals surface area contributed by atoms with E-state index in [1.165, 1.54) is 0 Å². The van der Waals surface area contributed by atoms with E-state index >= 15 is 0 Å². The molecule has 4 nitrogen and oxygen atoms in total. The van der Waals surface area contributed by atoms with E-state index in [9.17, 15) is 0 Å². The molecule has 1 heterocycles. The lowest BCUT2D eigenvalue weighted by Crippen LogP contribution is -2.45. The zero-order chi connectivity index (χ0) is 14.2. The minimum absolute atomic E-state index is 0.596. The summed E-state index contributed by atoms with van der Waals surface area (Å²) in [5.74, 6) is 0.877. The van der Waals surface area contributed by atoms with Crippen LogP contribution in [-0.4, -0.2) is 69.4 Å². The second-order valence-corrected chi connectivity index (χ2v) is 5.98. The molecule has 0 unspecified atom stereocenters. The summed E-state index contributed by atoms with van der Waals surface area (Å²) in [4.78, 5) is 4.82. The number of hydrogen-bond acceptors (Lipinski definition) is 4. The lowest BCUT2D eigenvalue weighted by molar-refractivity contribution is 0.0658. The molecular formula is C15H23BrN2O2. The van der Waals surface area contributed by atoms with Crippen molar-refractivity contribution in [2.45, 2.75) is 0 Å². The molecule has 0 aliphatic carbocycles. The number of benzene rings is 1. The van der Waals surface area contributed by atoms with Gasteiger partial charge in [-0.2, -0.15) is 0 Å². The van der Waals surface area contributed by atoms with Crippen molar-refractivity contribution in [1.82, 2.24) is 9.80 Å². The lowest BCUT2D eigenvalue weighted by Gasteiger charge is -2.32. The molecule has 0 bridgehead atoms. The predicted octanol–water partition coefficient (Wildman–Crippen LogP) is 2.09. The van der Waals surface area contributed by atoms with Gasteiger partial charge in [-0.3, -0.25) is 4.90 Å². The van der Waals surface area contributed by atoms with Crippen LogP contribution in [0.2, 0.25) is 0 Å². The Morgan fingerprint density at radius 1 is 1.10 bits per heavy atom. The zero-order valence-electron chi connectivity index (χ0n) is 12.1. The molecule has 1 aliphatic rings. The van der Waals surface area contributed by atoms with Crippen LogP contribution in [0.3, 0.4) is 0 Å². The maximum absolute atomic E-state index is 5.62. The van der Waals surface area contributed by atoms with Gasteiger partial charge in [0.25, 0.3) is 0 Å². The van der Waals surface area contributed by atoms with Crippen LogP contribution in [-0.2, 0) is 4.74 Å². The highest BCUT2D eigenvalue weighted by atomic mass is 79.9. The fourth-order valence-electron chi connectivity index (χ4n) is 2.14. The summed E-state index contributed by atoms with van der Waals surface area (Å²) in [6.45, 7) is 7.65. The van der Waals surface area contributed by atoms with Gasteiger partial charge in [0.05, 0.1) is 13.2 Å². The van der Waals surface area contributed by atoms with Gasteiger partial charge in [0.1, 0.15) is 12.4 Å². The maximum Gasteiger partial charge on any atom is 0.120 e. The smallest absolute Gasteiger partial charge is 0.120 e. The van der Waals surface area contributed by atoms with Gasteiger partial charge in [0, 0.05) is 37.2 Å². The Morgan fingerprint density at radius 2 is 1.90 bits per heavy atom. The Labute approximate surface area is 129 Å². The van der Waals surface area contributed by atoms with Crippen molar-refractivity contribution < 1.29 is 9.47 Å². The third-order valence-corrected chi connectivity index (χ3v) is 3.93. The number of piperazine rings is 1. The van der Waals surface area contributed by atoms with Gasteiger partial charge in [-0.05, 0) is 25.2 Å². The van der Waals surface area contributed by atoms with Crippen LogP contribution < -0.4 is 4.74 Å². The van der Waals surface area contributed by atoms with E-state index in [2.05, 4.69) is 32.8 Å². The molecule has 0 atom stereocenters. The van der Waals surface area contributed by atoms with Crippen LogP contribution >= 0.6 is 15.9 Å². The van der Waals surface area contributed by atoms with E-state index in [0.717, 1.165) is 49.6 Å². The van der Waals surface area contributed by atoms with Crippen molar-refractivity contribution in [2.24, 2.45) is 0 Å². The molecular weight excluding hydrogens is 320 g/mol. The molecule has 5 heteroatoms. The highest BCUT2D eigenvalue weighted by Crippen LogP contribution is 2.17. The van der Waals surface area contributed by atoms with Crippen LogP contribution in [0.1, 0.15) is 0 Å². The molecule has 0 aromatic heterocycles. The van der Waals surface area contributed by atoms with Gasteiger partial charge in [-0.1, -0.05) is 22.0 Å². The molecule has 0 amide bonds. The highest BCUT2D eigenvalue weighted by molar-refractivity contribution is 9.10. The van der Waals surface area contributed by atoms with Gasteiger partial charge in [0.2, 0.25) is 0 Å². The molecule has 0 N–H and O–H groups in total. The molecule has 20 heavy (non-hydrogen) atoms. The Balaban J connectivity index is 1.49. The first-order valence-electron chi connectivity index (χ1n) is 7.11. The quantitative estimate of drug-likeness (QED) is 0.708. The van der Waals surface area contributed by atoms with Crippen molar-refractivity contribution in [2.75, 3.05) is 59.6 Å². The fraction of sp³-hybridized carbons (Fsp3) is 0.600. The van der Waals surface area contributed by atoms with Crippen molar-refractivity contribution in [3.8, 4) is 5.75 Å². The minimum Gasteiger partial charge on any atom is -0.491 e. The van der Waals surface area contributed by atoms with E-state index in [0.29, 0.717) is 13.2 Å². The van der Waals surface area contributed by atoms with Gasteiger partial charge in [-0.15, -0.1) is 0 Å². The third kappa shape index (κ3) is 5.79. The topological polar surface area (TPSA) is 24.9 Å². The Bertz CT molecular complexity index is 395. The van der Waals surface area contributed by atoms with Crippen LogP contribution in [0.4, 0.5) is 0 Å². The second kappa shape index (κ2) is 8.62. The summed E-state index contributed by atoms with van der Waals surface area (Å²) in [7, 11) is 2.17. The molecule has 0 radical (unpaired) electrons. The SMILES string of the molecule is CN1CCN(CCOCCOc2cccc(Br)c2)CC1. The van der Waals surface area contributed by atoms with E-state index in [1.807, 2.05) is 24.3 Å². The Hall–Kier alpha value is -0.620. The van der Waals surface area contributed by atoms with Crippen molar-refractivity contribution in [3.63, 3.8) is 0 Å². The summed E-state index contributed by atoms with van der Waals surface area (Å²) < 4.78 is 12.3. The van der Waals surface area contributed by atoms with Crippen LogP contribution in [0, 0.1) is 0 Å². The number of nitrogens with zero attached hydrogens (tertiary/aromatic N) is 2. The molecule has 2 rings (SSSR count). The number of ether oxygens (including phenoxy) is 2. The molecule has 1 aromatic carbocycles. The van der Waals surface area contributed by atoms with Crippen molar-refractivity contribution in [3.05, 3.63) is 28.7 Å². The summed E-state index contributed by atoms with van der Waals surface area (Å²) >= 11 is 3.42. The molecule has 0 saturated carbocycles. The van der Waals surface area contributed by atoms with E-state index in [1.54, 1.807) is 0 Å². The number of hydrogen-bond donors (Lipinski definition) is 0. The molecule has 1 aromatic rings. The van der Waals surface area contributed by atoms with E-state index < -0.39 is 0 Å². The molecule has 1 fully saturated rings. The fourth-order valence-corrected chi connectivity index (χ4v) is 2.52. The normalized spacial score (nSPS) is 17.3. The van der Waals surface area contributed by atoms with Crippen molar-refractivity contribution >= 4 is 15.9 Å². The number of halogens is 1. The summed E-state index contributed by atoms with van der Waals surface area (Å²) in [5.41, 5.74) is 0. The van der Waals surface area contributed by atoms with E-state index in [-0.39, 0.29) is 0 Å². The average molecular weight is 343 g/mol. The molecule has 1 aliphatic heterocycles. The summed E-state index contributed by atoms with van der Waals surface area (Å²) in [6.07, 6.45) is 0. The lowest BCUT2D eigenvalue weighted by atomic mass is 10.3. The zero-order valence-corrected chi connectivity index (χ0v) is 13.6. The predicted molar refractivity (Wildman–Crippen MR) is 84.4 cm³/mol. The molecule has 1 saturated heterocycles. The van der Waals surface area contributed by atoms with Crippen LogP contribution in [0.25, 0.3) is 0 Å². The monoisotopic (exact) mass is 342 g/mol. The van der Waals surface area contributed by atoms with Crippen LogP contribution in [0.15, 0.2) is 28.7 Å².